The molecule has 0 spiro atoms. The van der Waals surface area contributed by atoms with Crippen LogP contribution >= 0.6 is 11.3 Å². The van der Waals surface area contributed by atoms with Crippen molar-refractivity contribution >= 4 is 27.0 Å². The van der Waals surface area contributed by atoms with Gasteiger partial charge in [0, 0.05) is 31.4 Å². The smallest absolute Gasteiger partial charge is 0.252 e. The highest BCUT2D eigenvalue weighted by Gasteiger charge is 2.35. The van der Waals surface area contributed by atoms with E-state index in [0.717, 1.165) is 17.7 Å². The molecule has 1 saturated heterocycles. The molecular weight excluding hydrogens is 440 g/mol. The molecule has 1 fully saturated rings. The van der Waals surface area contributed by atoms with E-state index in [-0.39, 0.29) is 6.04 Å². The summed E-state index contributed by atoms with van der Waals surface area (Å²) in [5, 5.41) is 12.1. The van der Waals surface area contributed by atoms with Gasteiger partial charge in [0.15, 0.2) is 0 Å². The molecule has 1 aromatic heterocycles. The molecule has 3 aromatic rings. The second-order valence-corrected chi connectivity index (χ2v) is 12.1. The molecular formula is C25H30N2O3S2. The zero-order chi connectivity index (χ0) is 22.9. The van der Waals surface area contributed by atoms with Crippen LogP contribution in [0.4, 0.5) is 5.69 Å². The lowest BCUT2D eigenvalue weighted by Crippen LogP contribution is -2.55. The normalized spacial score (nSPS) is 18.1. The Balaban J connectivity index is 1.62. The number of hydrogen-bond donors (Lipinski definition) is 1. The van der Waals surface area contributed by atoms with Gasteiger partial charge in [0.25, 0.3) is 10.0 Å². The summed E-state index contributed by atoms with van der Waals surface area (Å²) in [5.41, 5.74) is 3.40. The summed E-state index contributed by atoms with van der Waals surface area (Å²) in [6, 6.07) is 19.9. The van der Waals surface area contributed by atoms with Gasteiger partial charge in [-0.1, -0.05) is 48.0 Å². The molecule has 0 unspecified atom stereocenters. The van der Waals surface area contributed by atoms with E-state index in [4.69, 9.17) is 0 Å². The molecule has 4 rings (SSSR count). The quantitative estimate of drug-likeness (QED) is 0.580. The number of anilines is 1. The Kier molecular flexibility index (Phi) is 6.45. The molecule has 0 saturated carbocycles. The molecule has 2 aromatic carbocycles. The Bertz CT molecular complexity index is 1130. The average molecular weight is 471 g/mol. The third kappa shape index (κ3) is 4.91. The van der Waals surface area contributed by atoms with Crippen molar-refractivity contribution in [1.82, 2.24) is 4.31 Å². The van der Waals surface area contributed by atoms with E-state index in [9.17, 15) is 13.5 Å². The van der Waals surface area contributed by atoms with Crippen LogP contribution < -0.4 is 4.90 Å². The Labute approximate surface area is 195 Å². The lowest BCUT2D eigenvalue weighted by molar-refractivity contribution is 0.0786. The van der Waals surface area contributed by atoms with Gasteiger partial charge in [0.05, 0.1) is 5.60 Å². The summed E-state index contributed by atoms with van der Waals surface area (Å²) in [6.07, 6.45) is 0.754. The van der Waals surface area contributed by atoms with E-state index < -0.39 is 15.6 Å². The van der Waals surface area contributed by atoms with Crippen molar-refractivity contribution in [3.63, 3.8) is 0 Å². The molecule has 0 radical (unpaired) electrons. The van der Waals surface area contributed by atoms with Crippen molar-refractivity contribution in [2.75, 3.05) is 24.5 Å². The average Bonchev–Trinajstić information content (AvgIpc) is 3.31. The van der Waals surface area contributed by atoms with Crippen LogP contribution in [0.3, 0.4) is 0 Å². The van der Waals surface area contributed by atoms with Gasteiger partial charge in [-0.25, -0.2) is 8.42 Å². The Morgan fingerprint density at radius 2 is 1.72 bits per heavy atom. The van der Waals surface area contributed by atoms with E-state index in [2.05, 4.69) is 36.1 Å². The van der Waals surface area contributed by atoms with Gasteiger partial charge in [-0.15, -0.1) is 11.3 Å². The number of rotatable bonds is 6. The molecule has 0 bridgehead atoms. The fraction of sp³-hybridized carbons (Fsp3) is 0.360. The second-order valence-electron chi connectivity index (χ2n) is 8.94. The van der Waals surface area contributed by atoms with E-state index in [1.54, 1.807) is 35.7 Å². The molecule has 1 atom stereocenters. The zero-order valence-electron chi connectivity index (χ0n) is 18.7. The fourth-order valence-electron chi connectivity index (χ4n) is 4.15. The van der Waals surface area contributed by atoms with Gasteiger partial charge in [0.1, 0.15) is 4.21 Å². The molecule has 0 amide bonds. The summed E-state index contributed by atoms with van der Waals surface area (Å²) in [5.74, 6) is 0. The van der Waals surface area contributed by atoms with Gasteiger partial charge in [-0.05, 0) is 61.9 Å². The minimum atomic E-state index is -3.49. The van der Waals surface area contributed by atoms with Crippen LogP contribution in [-0.4, -0.2) is 43.5 Å². The minimum Gasteiger partial charge on any atom is -0.386 e. The Morgan fingerprint density at radius 1 is 1.03 bits per heavy atom. The maximum atomic E-state index is 13.2. The summed E-state index contributed by atoms with van der Waals surface area (Å²) in [7, 11) is -3.49. The highest BCUT2D eigenvalue weighted by atomic mass is 32.2. The summed E-state index contributed by atoms with van der Waals surface area (Å²) in [4.78, 5) is 2.30. The molecule has 1 aliphatic heterocycles. The highest BCUT2D eigenvalue weighted by molar-refractivity contribution is 7.91. The third-order valence-electron chi connectivity index (χ3n) is 6.03. The molecule has 0 aliphatic carbocycles. The standard InChI is InChI=1S/C25H30N2O3S2/c1-19-6-8-20(9-7-19)17-23-18-26(32(29,30)24-5-4-16-31-24)14-15-27(23)22-12-10-21(11-13-22)25(2,3)28/h4-13,16,23,28H,14-15,17-18H2,1-3H3/t23-/m0/s1. The van der Waals surface area contributed by atoms with Crippen LogP contribution in [0, 0.1) is 6.92 Å². The number of nitrogens with zero attached hydrogens (tertiary/aromatic N) is 2. The van der Waals surface area contributed by atoms with Crippen molar-refractivity contribution in [2.45, 2.75) is 43.0 Å². The van der Waals surface area contributed by atoms with Crippen LogP contribution in [0.5, 0.6) is 0 Å². The van der Waals surface area contributed by atoms with Gasteiger partial charge in [0.2, 0.25) is 0 Å². The molecule has 170 valence electrons. The third-order valence-corrected chi connectivity index (χ3v) is 9.27. The van der Waals surface area contributed by atoms with Crippen molar-refractivity contribution in [2.24, 2.45) is 0 Å². The van der Waals surface area contributed by atoms with E-state index in [1.165, 1.54) is 22.5 Å². The number of aryl methyl sites for hydroxylation is 1. The van der Waals surface area contributed by atoms with Gasteiger partial charge < -0.3 is 10.0 Å². The lowest BCUT2D eigenvalue weighted by atomic mass is 9.97. The highest BCUT2D eigenvalue weighted by Crippen LogP contribution is 2.29. The first-order valence-corrected chi connectivity index (χ1v) is 13.2. The van der Waals surface area contributed by atoms with Crippen LogP contribution in [0.15, 0.2) is 70.3 Å². The molecule has 1 N–H and O–H groups in total. The van der Waals surface area contributed by atoms with Gasteiger partial charge in [-0.2, -0.15) is 4.31 Å². The number of hydrogen-bond acceptors (Lipinski definition) is 5. The summed E-state index contributed by atoms with van der Waals surface area (Å²) < 4.78 is 28.4. The van der Waals surface area contributed by atoms with Crippen LogP contribution in [0.25, 0.3) is 0 Å². The fourth-order valence-corrected chi connectivity index (χ4v) is 6.77. The second kappa shape index (κ2) is 8.98. The SMILES string of the molecule is Cc1ccc(C[C@H]2CN(S(=O)(=O)c3cccs3)CCN2c2ccc(C(C)(C)O)cc2)cc1. The number of sulfonamides is 1. The largest absolute Gasteiger partial charge is 0.386 e. The Morgan fingerprint density at radius 3 is 2.31 bits per heavy atom. The van der Waals surface area contributed by atoms with E-state index >= 15 is 0 Å². The van der Waals surface area contributed by atoms with Crippen LogP contribution in [0.2, 0.25) is 0 Å². The van der Waals surface area contributed by atoms with Crippen molar-refractivity contribution < 1.29 is 13.5 Å². The first-order valence-electron chi connectivity index (χ1n) is 10.8. The minimum absolute atomic E-state index is 0.00850. The Hall–Kier alpha value is -2.19. The molecule has 7 heteroatoms. The van der Waals surface area contributed by atoms with Crippen molar-refractivity contribution in [3.05, 3.63) is 82.7 Å². The predicted molar refractivity (Wildman–Crippen MR) is 131 cm³/mol. The molecule has 32 heavy (non-hydrogen) atoms. The topological polar surface area (TPSA) is 60.9 Å². The maximum Gasteiger partial charge on any atom is 0.252 e. The summed E-state index contributed by atoms with van der Waals surface area (Å²) in [6.45, 7) is 7.10. The van der Waals surface area contributed by atoms with Gasteiger partial charge in [-0.3, -0.25) is 0 Å². The van der Waals surface area contributed by atoms with Gasteiger partial charge >= 0.3 is 0 Å². The van der Waals surface area contributed by atoms with E-state index in [1.807, 2.05) is 24.3 Å². The van der Waals surface area contributed by atoms with Crippen molar-refractivity contribution in [1.29, 1.82) is 0 Å². The maximum absolute atomic E-state index is 13.2. The van der Waals surface area contributed by atoms with Crippen LogP contribution in [-0.2, 0) is 22.0 Å². The number of aliphatic hydroxyl groups is 1. The monoisotopic (exact) mass is 470 g/mol. The van der Waals surface area contributed by atoms with Crippen molar-refractivity contribution in [3.8, 4) is 0 Å². The first kappa shape index (κ1) is 23.0. The molecule has 2 heterocycles. The zero-order valence-corrected chi connectivity index (χ0v) is 20.4. The first-order chi connectivity index (χ1) is 15.1. The molecule has 1 aliphatic rings. The summed E-state index contributed by atoms with van der Waals surface area (Å²) >= 11 is 1.26. The number of thiophene rings is 1. The predicted octanol–water partition coefficient (Wildman–Crippen LogP) is 4.41. The van der Waals surface area contributed by atoms with Crippen LogP contribution in [0.1, 0.15) is 30.5 Å². The lowest BCUT2D eigenvalue weighted by Gasteiger charge is -2.42. The molecule has 5 nitrogen and oxygen atoms in total. The number of piperazine rings is 1. The van der Waals surface area contributed by atoms with E-state index in [0.29, 0.717) is 23.8 Å². The number of benzene rings is 2.